The fourth-order valence-corrected chi connectivity index (χ4v) is 4.36. The number of hydrogen-bond acceptors (Lipinski definition) is 3. The molecule has 1 aromatic rings. The van der Waals surface area contributed by atoms with Crippen molar-refractivity contribution in [2.45, 2.75) is 38.6 Å². The molecule has 0 fully saturated rings. The van der Waals surface area contributed by atoms with Crippen LogP contribution in [0.2, 0.25) is 0 Å². The first-order chi connectivity index (χ1) is 10.1. The SMILES string of the molecule is O=C(O)[C@H]1CC=CC[C@H]1C(=O)NCc1cc2c(s1)CCC2. The van der Waals surface area contributed by atoms with Crippen molar-refractivity contribution in [3.63, 3.8) is 0 Å². The molecule has 2 N–H and O–H groups in total. The van der Waals surface area contributed by atoms with Crippen LogP contribution in [0, 0.1) is 11.8 Å². The lowest BCUT2D eigenvalue weighted by Gasteiger charge is -2.24. The Balaban J connectivity index is 1.60. The van der Waals surface area contributed by atoms with Gasteiger partial charge in [-0.25, -0.2) is 0 Å². The van der Waals surface area contributed by atoms with Crippen LogP contribution in [0.25, 0.3) is 0 Å². The molecule has 112 valence electrons. The normalized spacial score (nSPS) is 23.8. The van der Waals surface area contributed by atoms with Crippen LogP contribution in [0.1, 0.15) is 34.6 Å². The molecule has 2 aliphatic carbocycles. The van der Waals surface area contributed by atoms with E-state index < -0.39 is 17.8 Å². The van der Waals surface area contributed by atoms with Gasteiger partial charge in [0.1, 0.15) is 0 Å². The molecule has 1 amide bonds. The second-order valence-corrected chi connectivity index (χ2v) is 6.95. The van der Waals surface area contributed by atoms with Crippen molar-refractivity contribution in [3.05, 3.63) is 33.5 Å². The Morgan fingerprint density at radius 3 is 2.71 bits per heavy atom. The summed E-state index contributed by atoms with van der Waals surface area (Å²) in [7, 11) is 0. The molecule has 0 unspecified atom stereocenters. The Labute approximate surface area is 127 Å². The number of carbonyl (C=O) groups is 2. The molecule has 0 radical (unpaired) electrons. The van der Waals surface area contributed by atoms with Crippen molar-refractivity contribution in [2.24, 2.45) is 11.8 Å². The van der Waals surface area contributed by atoms with Crippen LogP contribution in [-0.4, -0.2) is 17.0 Å². The summed E-state index contributed by atoms with van der Waals surface area (Å²) in [6, 6.07) is 2.18. The highest BCUT2D eigenvalue weighted by Gasteiger charge is 2.33. The molecule has 0 saturated carbocycles. The minimum Gasteiger partial charge on any atom is -0.481 e. The highest BCUT2D eigenvalue weighted by molar-refractivity contribution is 7.12. The Kier molecular flexibility index (Phi) is 4.10. The van der Waals surface area contributed by atoms with E-state index >= 15 is 0 Å². The van der Waals surface area contributed by atoms with Gasteiger partial charge in [-0.15, -0.1) is 11.3 Å². The molecule has 0 spiro atoms. The van der Waals surface area contributed by atoms with Crippen LogP contribution in [0.15, 0.2) is 18.2 Å². The van der Waals surface area contributed by atoms with E-state index in [-0.39, 0.29) is 5.91 Å². The molecule has 1 aromatic heterocycles. The molecule has 3 rings (SSSR count). The second-order valence-electron chi connectivity index (χ2n) is 5.73. The largest absolute Gasteiger partial charge is 0.481 e. The molecule has 1 heterocycles. The van der Waals surface area contributed by atoms with E-state index in [2.05, 4.69) is 11.4 Å². The van der Waals surface area contributed by atoms with Gasteiger partial charge in [-0.3, -0.25) is 9.59 Å². The zero-order valence-corrected chi connectivity index (χ0v) is 12.6. The van der Waals surface area contributed by atoms with Gasteiger partial charge in [-0.2, -0.15) is 0 Å². The zero-order chi connectivity index (χ0) is 14.8. The van der Waals surface area contributed by atoms with E-state index in [0.29, 0.717) is 19.4 Å². The molecule has 2 aliphatic rings. The highest BCUT2D eigenvalue weighted by atomic mass is 32.1. The van der Waals surface area contributed by atoms with Gasteiger partial charge in [0.05, 0.1) is 18.4 Å². The number of nitrogens with one attached hydrogen (secondary N) is 1. The number of carbonyl (C=O) groups excluding carboxylic acids is 1. The Morgan fingerprint density at radius 2 is 2.00 bits per heavy atom. The number of allylic oxidation sites excluding steroid dienone is 2. The van der Waals surface area contributed by atoms with E-state index in [1.807, 2.05) is 12.2 Å². The van der Waals surface area contributed by atoms with Gasteiger partial charge in [0.2, 0.25) is 5.91 Å². The first kappa shape index (κ1) is 14.3. The number of fused-ring (bicyclic) bond motifs is 1. The molecule has 0 aromatic carbocycles. The minimum atomic E-state index is -0.880. The number of amides is 1. The van der Waals surface area contributed by atoms with Gasteiger partial charge in [-0.05, 0) is 43.7 Å². The number of rotatable bonds is 4. The summed E-state index contributed by atoms with van der Waals surface area (Å²) in [4.78, 5) is 26.1. The van der Waals surface area contributed by atoms with Gasteiger partial charge in [0, 0.05) is 9.75 Å². The molecule has 0 aliphatic heterocycles. The fourth-order valence-electron chi connectivity index (χ4n) is 3.16. The molecular formula is C16H19NO3S. The highest BCUT2D eigenvalue weighted by Crippen LogP contribution is 2.31. The average Bonchev–Trinajstić information content (AvgIpc) is 3.05. The maximum atomic E-state index is 12.3. The number of carboxylic acids is 1. The molecule has 2 atom stereocenters. The van der Waals surface area contributed by atoms with E-state index in [9.17, 15) is 14.7 Å². The van der Waals surface area contributed by atoms with Crippen LogP contribution in [0.4, 0.5) is 0 Å². The van der Waals surface area contributed by atoms with E-state index in [1.165, 1.54) is 21.7 Å². The van der Waals surface area contributed by atoms with Crippen molar-refractivity contribution in [1.29, 1.82) is 0 Å². The monoisotopic (exact) mass is 305 g/mol. The lowest BCUT2D eigenvalue weighted by atomic mass is 9.82. The van der Waals surface area contributed by atoms with Crippen LogP contribution >= 0.6 is 11.3 Å². The summed E-state index contributed by atoms with van der Waals surface area (Å²) in [6.45, 7) is 0.517. The van der Waals surface area contributed by atoms with E-state index in [4.69, 9.17) is 0 Å². The Bertz CT molecular complexity index is 569. The number of thiophene rings is 1. The third-order valence-electron chi connectivity index (χ3n) is 4.32. The van der Waals surface area contributed by atoms with Crippen molar-refractivity contribution in [1.82, 2.24) is 5.32 Å². The van der Waals surface area contributed by atoms with Gasteiger partial charge < -0.3 is 10.4 Å². The second kappa shape index (κ2) is 6.02. The topological polar surface area (TPSA) is 66.4 Å². The third-order valence-corrected chi connectivity index (χ3v) is 5.56. The quantitative estimate of drug-likeness (QED) is 0.840. The number of aryl methyl sites for hydroxylation is 2. The van der Waals surface area contributed by atoms with Crippen molar-refractivity contribution in [3.8, 4) is 0 Å². The predicted octanol–water partition coefficient (Wildman–Crippen LogP) is 2.52. The smallest absolute Gasteiger partial charge is 0.307 e. The Morgan fingerprint density at radius 1 is 1.24 bits per heavy atom. The van der Waals surface area contributed by atoms with Gasteiger partial charge in [-0.1, -0.05) is 12.2 Å². The molecule has 5 heteroatoms. The molecule has 4 nitrogen and oxygen atoms in total. The summed E-state index contributed by atoms with van der Waals surface area (Å²) in [5.74, 6) is -2.06. The number of hydrogen-bond donors (Lipinski definition) is 2. The van der Waals surface area contributed by atoms with Crippen molar-refractivity contribution in [2.75, 3.05) is 0 Å². The molecule has 21 heavy (non-hydrogen) atoms. The van der Waals surface area contributed by atoms with Gasteiger partial charge in [0.25, 0.3) is 0 Å². The first-order valence-electron chi connectivity index (χ1n) is 7.41. The average molecular weight is 305 g/mol. The van der Waals surface area contributed by atoms with Crippen LogP contribution in [0.3, 0.4) is 0 Å². The van der Waals surface area contributed by atoms with Crippen molar-refractivity contribution < 1.29 is 14.7 Å². The lowest BCUT2D eigenvalue weighted by molar-refractivity contribution is -0.147. The van der Waals surface area contributed by atoms with Crippen molar-refractivity contribution >= 4 is 23.2 Å². The number of aliphatic carboxylic acids is 1. The fraction of sp³-hybridized carbons (Fsp3) is 0.500. The molecule has 0 bridgehead atoms. The predicted molar refractivity (Wildman–Crippen MR) is 81.2 cm³/mol. The Hall–Kier alpha value is -1.62. The van der Waals surface area contributed by atoms with Crippen LogP contribution in [-0.2, 0) is 29.0 Å². The summed E-state index contributed by atoms with van der Waals surface area (Å²) in [5.41, 5.74) is 1.42. The first-order valence-corrected chi connectivity index (χ1v) is 8.23. The van der Waals surface area contributed by atoms with Crippen LogP contribution in [0.5, 0.6) is 0 Å². The third kappa shape index (κ3) is 3.02. The van der Waals surface area contributed by atoms with Gasteiger partial charge >= 0.3 is 5.97 Å². The maximum absolute atomic E-state index is 12.3. The zero-order valence-electron chi connectivity index (χ0n) is 11.8. The van der Waals surface area contributed by atoms with E-state index in [0.717, 1.165) is 12.8 Å². The van der Waals surface area contributed by atoms with Crippen LogP contribution < -0.4 is 5.32 Å². The standard InChI is InChI=1S/C16H19NO3S/c18-15(12-5-1-2-6-13(12)16(19)20)17-9-11-8-10-4-3-7-14(10)21-11/h1-2,8,12-13H,3-7,9H2,(H,17,18)(H,19,20)/t12-,13+/m1/s1. The minimum absolute atomic E-state index is 0.139. The van der Waals surface area contributed by atoms with E-state index in [1.54, 1.807) is 11.3 Å². The summed E-state index contributed by atoms with van der Waals surface area (Å²) < 4.78 is 0. The maximum Gasteiger partial charge on any atom is 0.307 e. The molecule has 0 saturated heterocycles. The van der Waals surface area contributed by atoms with Gasteiger partial charge in [0.15, 0.2) is 0 Å². The lowest BCUT2D eigenvalue weighted by Crippen LogP contribution is -2.38. The number of carboxylic acid groups (broad SMARTS) is 1. The summed E-state index contributed by atoms with van der Waals surface area (Å²) >= 11 is 1.77. The summed E-state index contributed by atoms with van der Waals surface area (Å²) in [6.07, 6.45) is 8.26. The molecular weight excluding hydrogens is 286 g/mol. The summed E-state index contributed by atoms with van der Waals surface area (Å²) in [5, 5.41) is 12.1.